The normalized spacial score (nSPS) is 16.5. The molecule has 0 aliphatic carbocycles. The number of ketones is 1. The van der Waals surface area contributed by atoms with Crippen LogP contribution < -0.4 is 14.8 Å². The highest BCUT2D eigenvalue weighted by molar-refractivity contribution is 7.92. The van der Waals surface area contributed by atoms with Crippen molar-refractivity contribution in [2.24, 2.45) is 0 Å². The van der Waals surface area contributed by atoms with Crippen LogP contribution in [0.1, 0.15) is 10.4 Å². The zero-order valence-corrected chi connectivity index (χ0v) is 10.0. The Kier molecular flexibility index (Phi) is 3.03. The van der Waals surface area contributed by atoms with Gasteiger partial charge in [-0.05, 0) is 25.2 Å². The molecule has 1 aromatic rings. The molecule has 2 N–H and O–H groups in total. The summed E-state index contributed by atoms with van der Waals surface area (Å²) >= 11 is 0. The average Bonchev–Trinajstić information content (AvgIpc) is 2.27. The predicted molar refractivity (Wildman–Crippen MR) is 62.7 cm³/mol. The molecule has 0 atom stereocenters. The number of Topliss-reactive ketones (excluding diaryl/α,β-unsaturated/α-hetero) is 1. The third-order valence-corrected chi connectivity index (χ3v) is 3.23. The van der Waals surface area contributed by atoms with Gasteiger partial charge in [0.25, 0.3) is 10.0 Å². The van der Waals surface area contributed by atoms with Gasteiger partial charge in [-0.15, -0.1) is 0 Å². The minimum atomic E-state index is -3.45. The minimum absolute atomic E-state index is 0.111. The fourth-order valence-electron chi connectivity index (χ4n) is 1.51. The summed E-state index contributed by atoms with van der Waals surface area (Å²) in [5.74, 6) is -0.0787. The van der Waals surface area contributed by atoms with Crippen LogP contribution in [0.15, 0.2) is 18.2 Å². The van der Waals surface area contributed by atoms with E-state index in [4.69, 9.17) is 4.74 Å². The smallest absolute Gasteiger partial charge is 0.268 e. The highest BCUT2D eigenvalue weighted by Gasteiger charge is 2.22. The van der Waals surface area contributed by atoms with Crippen molar-refractivity contribution in [1.82, 2.24) is 5.32 Å². The van der Waals surface area contributed by atoms with Crippen molar-refractivity contribution >= 4 is 21.5 Å². The zero-order chi connectivity index (χ0) is 12.5. The van der Waals surface area contributed by atoms with Crippen LogP contribution >= 0.6 is 0 Å². The van der Waals surface area contributed by atoms with Gasteiger partial charge in [0, 0.05) is 5.56 Å². The maximum Gasteiger partial charge on any atom is 0.268 e. The van der Waals surface area contributed by atoms with Crippen molar-refractivity contribution in [3.63, 3.8) is 0 Å². The standard InChI is InChI=1S/C10H12N2O4S/c1-11-5-9(13)7-2-3-10-8(4-7)12-17(14,15)6-16-10/h2-4,11-12H,5-6H2,1H3. The Balaban J connectivity index is 2.33. The third-order valence-electron chi connectivity index (χ3n) is 2.27. The number of fused-ring (bicyclic) bond motifs is 1. The van der Waals surface area contributed by atoms with Crippen LogP contribution in [-0.2, 0) is 10.0 Å². The summed E-state index contributed by atoms with van der Waals surface area (Å²) in [4.78, 5) is 11.6. The molecule has 0 amide bonds. The topological polar surface area (TPSA) is 84.5 Å². The van der Waals surface area contributed by atoms with Crippen LogP contribution in [0.4, 0.5) is 5.69 Å². The number of carbonyl (C=O) groups excluding carboxylic acids is 1. The van der Waals surface area contributed by atoms with Gasteiger partial charge in [0.05, 0.1) is 12.2 Å². The van der Waals surface area contributed by atoms with Gasteiger partial charge in [-0.25, -0.2) is 8.42 Å². The highest BCUT2D eigenvalue weighted by Crippen LogP contribution is 2.30. The van der Waals surface area contributed by atoms with E-state index in [1.165, 1.54) is 6.07 Å². The SMILES string of the molecule is CNCC(=O)c1ccc2c(c1)NS(=O)(=O)CO2. The molecule has 1 heterocycles. The van der Waals surface area contributed by atoms with E-state index in [2.05, 4.69) is 10.0 Å². The average molecular weight is 256 g/mol. The summed E-state index contributed by atoms with van der Waals surface area (Å²) in [6.45, 7) is 0.201. The van der Waals surface area contributed by atoms with Crippen LogP contribution in [-0.4, -0.2) is 33.7 Å². The number of likely N-dealkylation sites (N-methyl/N-ethyl adjacent to an activating group) is 1. The maximum atomic E-state index is 11.6. The first-order valence-electron chi connectivity index (χ1n) is 4.97. The maximum absolute atomic E-state index is 11.6. The predicted octanol–water partition coefficient (Wildman–Crippen LogP) is 0.180. The largest absolute Gasteiger partial charge is 0.474 e. The van der Waals surface area contributed by atoms with E-state index < -0.39 is 16.0 Å². The fourth-order valence-corrected chi connectivity index (χ4v) is 2.35. The molecule has 1 aliphatic heterocycles. The van der Waals surface area contributed by atoms with Gasteiger partial charge in [0.2, 0.25) is 5.94 Å². The monoisotopic (exact) mass is 256 g/mol. The Morgan fingerprint density at radius 3 is 3.00 bits per heavy atom. The highest BCUT2D eigenvalue weighted by atomic mass is 32.2. The molecule has 0 spiro atoms. The summed E-state index contributed by atoms with van der Waals surface area (Å²) in [5, 5.41) is 2.74. The molecule has 1 aromatic carbocycles. The molecule has 0 aromatic heterocycles. The van der Waals surface area contributed by atoms with Crippen molar-refractivity contribution in [2.75, 3.05) is 24.3 Å². The molecule has 2 rings (SSSR count). The molecule has 0 saturated carbocycles. The van der Waals surface area contributed by atoms with Gasteiger partial charge in [-0.2, -0.15) is 0 Å². The van der Waals surface area contributed by atoms with E-state index in [9.17, 15) is 13.2 Å². The summed E-state index contributed by atoms with van der Waals surface area (Å²) in [7, 11) is -1.78. The number of benzene rings is 1. The van der Waals surface area contributed by atoms with Crippen molar-refractivity contribution in [2.45, 2.75) is 0 Å². The summed E-state index contributed by atoms with van der Waals surface area (Å²) in [6, 6.07) is 4.67. The van der Waals surface area contributed by atoms with Crippen molar-refractivity contribution in [3.05, 3.63) is 23.8 Å². The van der Waals surface area contributed by atoms with Crippen LogP contribution in [0.3, 0.4) is 0 Å². The first-order chi connectivity index (χ1) is 8.02. The molecule has 0 fully saturated rings. The number of sulfonamides is 1. The summed E-state index contributed by atoms with van der Waals surface area (Å²) in [6.07, 6.45) is 0. The lowest BCUT2D eigenvalue weighted by atomic mass is 10.1. The van der Waals surface area contributed by atoms with Crippen LogP contribution in [0, 0.1) is 0 Å². The van der Waals surface area contributed by atoms with Crippen LogP contribution in [0.25, 0.3) is 0 Å². The summed E-state index contributed by atoms with van der Waals surface area (Å²) in [5.41, 5.74) is 0.740. The van der Waals surface area contributed by atoms with Gasteiger partial charge in [0.1, 0.15) is 5.75 Å². The van der Waals surface area contributed by atoms with Gasteiger partial charge in [-0.3, -0.25) is 9.52 Å². The number of rotatable bonds is 3. The number of hydrogen-bond donors (Lipinski definition) is 2. The second-order valence-electron chi connectivity index (χ2n) is 3.64. The zero-order valence-electron chi connectivity index (χ0n) is 9.19. The first-order valence-corrected chi connectivity index (χ1v) is 6.62. The molecule has 1 aliphatic rings. The Morgan fingerprint density at radius 1 is 1.53 bits per heavy atom. The molecular formula is C10H12N2O4S. The number of hydrogen-bond acceptors (Lipinski definition) is 5. The second-order valence-corrected chi connectivity index (χ2v) is 5.31. The van der Waals surface area contributed by atoms with Crippen molar-refractivity contribution < 1.29 is 17.9 Å². The third kappa shape index (κ3) is 2.56. The van der Waals surface area contributed by atoms with E-state index in [0.29, 0.717) is 17.0 Å². The lowest BCUT2D eigenvalue weighted by molar-refractivity contribution is 0.0993. The molecule has 7 heteroatoms. The van der Waals surface area contributed by atoms with Crippen molar-refractivity contribution in [3.8, 4) is 5.75 Å². The Morgan fingerprint density at radius 2 is 2.29 bits per heavy atom. The van der Waals surface area contributed by atoms with Crippen molar-refractivity contribution in [1.29, 1.82) is 0 Å². The quantitative estimate of drug-likeness (QED) is 0.754. The van der Waals surface area contributed by atoms with Gasteiger partial charge in [-0.1, -0.05) is 0 Å². The van der Waals surface area contributed by atoms with Gasteiger partial charge < -0.3 is 10.1 Å². The van der Waals surface area contributed by atoms with E-state index in [1.54, 1.807) is 19.2 Å². The Hall–Kier alpha value is -1.60. The Labute approximate surface area is 99.0 Å². The number of ether oxygens (including phenoxy) is 1. The number of nitrogens with one attached hydrogen (secondary N) is 2. The molecule has 17 heavy (non-hydrogen) atoms. The molecule has 0 radical (unpaired) electrons. The molecule has 6 nitrogen and oxygen atoms in total. The minimum Gasteiger partial charge on any atom is -0.474 e. The van der Waals surface area contributed by atoms with E-state index >= 15 is 0 Å². The molecule has 0 bridgehead atoms. The molecule has 92 valence electrons. The number of anilines is 1. The van der Waals surface area contributed by atoms with Gasteiger partial charge >= 0.3 is 0 Å². The molecular weight excluding hydrogens is 244 g/mol. The van der Waals surface area contributed by atoms with Crippen LogP contribution in [0.5, 0.6) is 5.75 Å². The molecule has 0 unspecified atom stereocenters. The Bertz CT molecular complexity index is 553. The van der Waals surface area contributed by atoms with Gasteiger partial charge in [0.15, 0.2) is 5.78 Å². The first kappa shape index (κ1) is 11.9. The fraction of sp³-hybridized carbons (Fsp3) is 0.300. The summed E-state index contributed by atoms with van der Waals surface area (Å²) < 4.78 is 30.0. The van der Waals surface area contributed by atoms with E-state index in [-0.39, 0.29) is 12.3 Å². The van der Waals surface area contributed by atoms with E-state index in [0.717, 1.165) is 0 Å². The lowest BCUT2D eigenvalue weighted by Gasteiger charge is -2.19. The van der Waals surface area contributed by atoms with E-state index in [1.807, 2.05) is 0 Å². The number of carbonyl (C=O) groups is 1. The second kappa shape index (κ2) is 4.34. The lowest BCUT2D eigenvalue weighted by Crippen LogP contribution is -2.26. The molecule has 0 saturated heterocycles. The van der Waals surface area contributed by atoms with Crippen LogP contribution in [0.2, 0.25) is 0 Å².